The molecule has 2 atom stereocenters. The lowest BCUT2D eigenvalue weighted by Gasteiger charge is -2.52. The summed E-state index contributed by atoms with van der Waals surface area (Å²) in [4.78, 5) is 13.3. The van der Waals surface area contributed by atoms with Gasteiger partial charge in [0.05, 0.1) is 6.26 Å². The number of hydrogen-bond acceptors (Lipinski definition) is 2. The van der Waals surface area contributed by atoms with Crippen LogP contribution in [0.25, 0.3) is 11.0 Å². The van der Waals surface area contributed by atoms with Crippen LogP contribution < -0.4 is 0 Å². The first kappa shape index (κ1) is 14.0. The van der Waals surface area contributed by atoms with E-state index in [1.807, 2.05) is 6.07 Å². The molecule has 1 fully saturated rings. The zero-order valence-corrected chi connectivity index (χ0v) is 14.0. The quantitative estimate of drug-likeness (QED) is 0.659. The molecule has 0 N–H and O–H groups in total. The lowest BCUT2D eigenvalue weighted by molar-refractivity contribution is 0.00373. The Morgan fingerprint density at radius 1 is 1.23 bits per heavy atom. The van der Waals surface area contributed by atoms with Crippen LogP contribution in [-0.4, -0.2) is 5.78 Å². The lowest BCUT2D eigenvalue weighted by atomic mass is 9.50. The van der Waals surface area contributed by atoms with E-state index in [0.29, 0.717) is 11.7 Å². The molecule has 0 unspecified atom stereocenters. The molecule has 22 heavy (non-hydrogen) atoms. The minimum atomic E-state index is -0.196. The minimum absolute atomic E-state index is 0.196. The summed E-state index contributed by atoms with van der Waals surface area (Å²) in [6.07, 6.45) is 6.15. The molecule has 4 rings (SSSR count). The summed E-state index contributed by atoms with van der Waals surface area (Å²) in [6, 6.07) is 4.03. The molecule has 0 radical (unpaired) electrons. The number of carbonyl (C=O) groups excluding carboxylic acids is 1. The number of ketones is 1. The number of Topliss-reactive ketones (excluding diaryl/α,β-unsaturated/α-hetero) is 1. The predicted octanol–water partition coefficient (Wildman–Crippen LogP) is 5.31. The second kappa shape index (κ2) is 4.24. The summed E-state index contributed by atoms with van der Waals surface area (Å²) in [5, 5.41) is 1.06. The topological polar surface area (TPSA) is 30.2 Å². The first-order chi connectivity index (χ1) is 10.3. The molecule has 116 valence electrons. The van der Waals surface area contributed by atoms with Crippen LogP contribution in [0.5, 0.6) is 0 Å². The zero-order chi connectivity index (χ0) is 15.7. The van der Waals surface area contributed by atoms with Crippen LogP contribution in [0.1, 0.15) is 61.5 Å². The molecule has 2 aliphatic carbocycles. The highest BCUT2D eigenvalue weighted by Crippen LogP contribution is 2.56. The van der Waals surface area contributed by atoms with Crippen molar-refractivity contribution < 1.29 is 9.21 Å². The molecular formula is C20H24O2. The van der Waals surface area contributed by atoms with Crippen molar-refractivity contribution >= 4 is 16.8 Å². The average Bonchev–Trinajstić information content (AvgIpc) is 2.91. The van der Waals surface area contributed by atoms with Crippen molar-refractivity contribution in [2.75, 3.05) is 0 Å². The van der Waals surface area contributed by atoms with Gasteiger partial charge in [-0.15, -0.1) is 0 Å². The van der Waals surface area contributed by atoms with Crippen molar-refractivity contribution in [1.82, 2.24) is 0 Å². The van der Waals surface area contributed by atoms with Crippen LogP contribution in [0.2, 0.25) is 0 Å². The van der Waals surface area contributed by atoms with E-state index in [1.54, 1.807) is 6.26 Å². The Labute approximate surface area is 131 Å². The van der Waals surface area contributed by atoms with E-state index in [4.69, 9.17) is 4.42 Å². The number of hydrogen-bond donors (Lipinski definition) is 0. The summed E-state index contributed by atoms with van der Waals surface area (Å²) < 4.78 is 5.65. The van der Waals surface area contributed by atoms with Crippen molar-refractivity contribution in [3.63, 3.8) is 0 Å². The Kier molecular flexibility index (Phi) is 2.71. The van der Waals surface area contributed by atoms with Crippen molar-refractivity contribution in [1.29, 1.82) is 0 Å². The SMILES string of the molecule is Cc1c2c(cc3ccoc13)C(=O)[C@@]1(C)CCCC(C)(C)[C@@H]1C2. The third kappa shape index (κ3) is 1.64. The van der Waals surface area contributed by atoms with Gasteiger partial charge < -0.3 is 4.42 Å². The third-order valence-corrected chi connectivity index (χ3v) is 6.52. The van der Waals surface area contributed by atoms with Crippen LogP contribution in [0.3, 0.4) is 0 Å². The van der Waals surface area contributed by atoms with Gasteiger partial charge in [0.2, 0.25) is 0 Å². The molecule has 2 nitrogen and oxygen atoms in total. The highest BCUT2D eigenvalue weighted by molar-refractivity contribution is 6.06. The van der Waals surface area contributed by atoms with Crippen molar-refractivity contribution in [2.45, 2.75) is 53.4 Å². The third-order valence-electron chi connectivity index (χ3n) is 6.52. The molecule has 1 aromatic carbocycles. The first-order valence-electron chi connectivity index (χ1n) is 8.39. The molecule has 0 aliphatic heterocycles. The van der Waals surface area contributed by atoms with E-state index in [9.17, 15) is 4.79 Å². The van der Waals surface area contributed by atoms with Gasteiger partial charge in [-0.1, -0.05) is 27.2 Å². The predicted molar refractivity (Wildman–Crippen MR) is 88.2 cm³/mol. The highest BCUT2D eigenvalue weighted by Gasteiger charge is 2.53. The maximum atomic E-state index is 13.3. The van der Waals surface area contributed by atoms with Gasteiger partial charge in [0.1, 0.15) is 5.58 Å². The molecule has 2 aromatic rings. The fourth-order valence-electron chi connectivity index (χ4n) is 5.19. The van der Waals surface area contributed by atoms with Crippen LogP contribution in [0.15, 0.2) is 22.8 Å². The van der Waals surface area contributed by atoms with E-state index in [-0.39, 0.29) is 10.8 Å². The lowest BCUT2D eigenvalue weighted by Crippen LogP contribution is -2.50. The maximum Gasteiger partial charge on any atom is 0.169 e. The molecule has 1 aromatic heterocycles. The molecule has 1 saturated carbocycles. The number of rotatable bonds is 0. The molecule has 0 spiro atoms. The van der Waals surface area contributed by atoms with Crippen LogP contribution >= 0.6 is 0 Å². The molecule has 2 aliphatic rings. The smallest absolute Gasteiger partial charge is 0.169 e. The molecule has 0 amide bonds. The van der Waals surface area contributed by atoms with Gasteiger partial charge in [0.25, 0.3) is 0 Å². The van der Waals surface area contributed by atoms with Gasteiger partial charge in [-0.3, -0.25) is 4.79 Å². The van der Waals surface area contributed by atoms with E-state index in [2.05, 4.69) is 33.8 Å². The number of furan rings is 1. The largest absolute Gasteiger partial charge is 0.464 e. The summed E-state index contributed by atoms with van der Waals surface area (Å²) >= 11 is 0. The highest BCUT2D eigenvalue weighted by atomic mass is 16.3. The van der Waals surface area contributed by atoms with E-state index in [1.165, 1.54) is 12.0 Å². The summed E-state index contributed by atoms with van der Waals surface area (Å²) in [5.41, 5.74) is 4.31. The fourth-order valence-corrected chi connectivity index (χ4v) is 5.19. The van der Waals surface area contributed by atoms with Crippen LogP contribution in [-0.2, 0) is 6.42 Å². The van der Waals surface area contributed by atoms with Gasteiger partial charge in [0.15, 0.2) is 5.78 Å². The van der Waals surface area contributed by atoms with Gasteiger partial charge in [0, 0.05) is 16.4 Å². The monoisotopic (exact) mass is 296 g/mol. The minimum Gasteiger partial charge on any atom is -0.464 e. The number of aryl methyl sites for hydroxylation is 1. The Morgan fingerprint density at radius 3 is 2.77 bits per heavy atom. The second-order valence-corrected chi connectivity index (χ2v) is 8.21. The van der Waals surface area contributed by atoms with Crippen molar-refractivity contribution in [3.05, 3.63) is 35.1 Å². The van der Waals surface area contributed by atoms with Gasteiger partial charge in [-0.05, 0) is 60.8 Å². The molecular weight excluding hydrogens is 272 g/mol. The molecule has 1 heterocycles. The summed E-state index contributed by atoms with van der Waals surface area (Å²) in [6.45, 7) is 9.00. The summed E-state index contributed by atoms with van der Waals surface area (Å²) in [5.74, 6) is 0.789. The van der Waals surface area contributed by atoms with E-state index < -0.39 is 0 Å². The Bertz CT molecular complexity index is 780. The molecule has 0 bridgehead atoms. The first-order valence-corrected chi connectivity index (χ1v) is 8.39. The summed E-state index contributed by atoms with van der Waals surface area (Å²) in [7, 11) is 0. The van der Waals surface area contributed by atoms with Crippen LogP contribution in [0, 0.1) is 23.7 Å². The molecule has 0 saturated heterocycles. The van der Waals surface area contributed by atoms with Crippen molar-refractivity contribution in [2.24, 2.45) is 16.7 Å². The normalized spacial score (nSPS) is 30.2. The number of benzene rings is 1. The van der Waals surface area contributed by atoms with E-state index >= 15 is 0 Å². The second-order valence-electron chi connectivity index (χ2n) is 8.21. The van der Waals surface area contributed by atoms with Gasteiger partial charge >= 0.3 is 0 Å². The number of fused-ring (bicyclic) bond motifs is 3. The van der Waals surface area contributed by atoms with Gasteiger partial charge in [-0.25, -0.2) is 0 Å². The van der Waals surface area contributed by atoms with Crippen LogP contribution in [0.4, 0.5) is 0 Å². The number of carbonyl (C=O) groups is 1. The Balaban J connectivity index is 1.97. The van der Waals surface area contributed by atoms with Gasteiger partial charge in [-0.2, -0.15) is 0 Å². The maximum absolute atomic E-state index is 13.3. The Hall–Kier alpha value is -1.57. The van der Waals surface area contributed by atoms with E-state index in [0.717, 1.165) is 41.4 Å². The molecule has 2 heteroatoms. The average molecular weight is 296 g/mol. The van der Waals surface area contributed by atoms with Crippen molar-refractivity contribution in [3.8, 4) is 0 Å². The fraction of sp³-hybridized carbons (Fsp3) is 0.550. The Morgan fingerprint density at radius 2 is 2.00 bits per heavy atom. The standard InChI is InChI=1S/C20H24O2/c1-12-14-11-16-19(2,3)7-5-8-20(16,4)18(21)15(14)10-13-6-9-22-17(12)13/h6,9-10,16H,5,7-8,11H2,1-4H3/t16-,20-/m0/s1. The zero-order valence-electron chi connectivity index (χ0n) is 14.0.